The molecular weight excluding hydrogens is 266 g/mol. The van der Waals surface area contributed by atoms with E-state index in [1.165, 1.54) is 0 Å². The van der Waals surface area contributed by atoms with Gasteiger partial charge in [-0.2, -0.15) is 0 Å². The summed E-state index contributed by atoms with van der Waals surface area (Å²) in [7, 11) is 0. The number of nitrogens with zero attached hydrogens (tertiary/aromatic N) is 1. The average molecular weight is 281 g/mol. The molecule has 2 aromatic rings. The van der Waals surface area contributed by atoms with E-state index in [1.54, 1.807) is 6.07 Å². The molecule has 0 aromatic heterocycles. The van der Waals surface area contributed by atoms with Gasteiger partial charge in [0.2, 0.25) is 0 Å². The first-order chi connectivity index (χ1) is 10.2. The number of rotatable bonds is 1. The molecule has 4 rings (SSSR count). The van der Waals surface area contributed by atoms with E-state index >= 15 is 0 Å². The first-order valence-electron chi connectivity index (χ1n) is 7.12. The number of benzene rings is 2. The Kier molecular flexibility index (Phi) is 2.68. The molecular formula is C16H15N3O2. The van der Waals surface area contributed by atoms with Gasteiger partial charge in [0.25, 0.3) is 11.8 Å². The van der Waals surface area contributed by atoms with Gasteiger partial charge >= 0.3 is 0 Å². The van der Waals surface area contributed by atoms with Crippen LogP contribution in [0.3, 0.4) is 0 Å². The number of hydrogen-bond acceptors (Lipinski definition) is 4. The summed E-state index contributed by atoms with van der Waals surface area (Å²) in [5, 5.41) is 7.45. The number of anilines is 1. The van der Waals surface area contributed by atoms with Crippen molar-refractivity contribution in [1.29, 1.82) is 0 Å². The number of imide groups is 1. The molecule has 0 spiro atoms. The van der Waals surface area contributed by atoms with Crippen molar-refractivity contribution < 1.29 is 9.59 Å². The van der Waals surface area contributed by atoms with Gasteiger partial charge in [-0.15, -0.1) is 0 Å². The molecule has 5 heteroatoms. The zero-order chi connectivity index (χ0) is 14.4. The van der Waals surface area contributed by atoms with Crippen molar-refractivity contribution in [3.63, 3.8) is 0 Å². The number of piperazine rings is 1. The second-order valence-electron chi connectivity index (χ2n) is 5.42. The molecule has 2 N–H and O–H groups in total. The number of carbonyl (C=O) groups is 2. The number of amides is 2. The summed E-state index contributed by atoms with van der Waals surface area (Å²) in [6.07, 6.45) is 0. The van der Waals surface area contributed by atoms with Crippen molar-refractivity contribution in [2.24, 2.45) is 0 Å². The van der Waals surface area contributed by atoms with Crippen molar-refractivity contribution in [2.75, 3.05) is 31.1 Å². The SMILES string of the molecule is O=C1NC(=O)c2cc(N3CCNCC3)cc3cccc1c23. The minimum atomic E-state index is -0.312. The topological polar surface area (TPSA) is 61.4 Å². The minimum Gasteiger partial charge on any atom is -0.369 e. The third-order valence-electron chi connectivity index (χ3n) is 4.16. The molecule has 5 nitrogen and oxygen atoms in total. The lowest BCUT2D eigenvalue weighted by Gasteiger charge is -2.30. The van der Waals surface area contributed by atoms with Crippen LogP contribution in [-0.2, 0) is 0 Å². The lowest BCUT2D eigenvalue weighted by Crippen LogP contribution is -2.43. The monoisotopic (exact) mass is 281 g/mol. The van der Waals surface area contributed by atoms with Crippen molar-refractivity contribution in [2.45, 2.75) is 0 Å². The molecule has 1 saturated heterocycles. The third-order valence-corrected chi connectivity index (χ3v) is 4.16. The van der Waals surface area contributed by atoms with Gasteiger partial charge < -0.3 is 10.2 Å². The Morgan fingerprint density at radius 2 is 1.71 bits per heavy atom. The summed E-state index contributed by atoms with van der Waals surface area (Å²) in [6, 6.07) is 9.55. The van der Waals surface area contributed by atoms with Crippen LogP contribution in [0.2, 0.25) is 0 Å². The lowest BCUT2D eigenvalue weighted by molar-refractivity contribution is 0.0845. The summed E-state index contributed by atoms with van der Waals surface area (Å²) in [5.74, 6) is -0.617. The maximum Gasteiger partial charge on any atom is 0.258 e. The highest BCUT2D eigenvalue weighted by Crippen LogP contribution is 2.31. The molecule has 1 fully saturated rings. The minimum absolute atomic E-state index is 0.305. The molecule has 2 aromatic carbocycles. The molecule has 2 aliphatic rings. The van der Waals surface area contributed by atoms with Gasteiger partial charge in [0, 0.05) is 42.8 Å². The predicted molar refractivity (Wildman–Crippen MR) is 80.8 cm³/mol. The maximum atomic E-state index is 12.2. The van der Waals surface area contributed by atoms with Gasteiger partial charge in [0.1, 0.15) is 0 Å². The van der Waals surface area contributed by atoms with Crippen molar-refractivity contribution >= 4 is 28.3 Å². The molecule has 0 aliphatic carbocycles. The van der Waals surface area contributed by atoms with Gasteiger partial charge in [-0.05, 0) is 23.6 Å². The fraction of sp³-hybridized carbons (Fsp3) is 0.250. The zero-order valence-corrected chi connectivity index (χ0v) is 11.5. The summed E-state index contributed by atoms with van der Waals surface area (Å²) < 4.78 is 0. The molecule has 0 unspecified atom stereocenters. The maximum absolute atomic E-state index is 12.2. The van der Waals surface area contributed by atoms with E-state index in [0.717, 1.165) is 42.6 Å². The second-order valence-corrected chi connectivity index (χ2v) is 5.42. The van der Waals surface area contributed by atoms with Crippen molar-refractivity contribution in [3.8, 4) is 0 Å². The number of nitrogens with one attached hydrogen (secondary N) is 2. The smallest absolute Gasteiger partial charge is 0.258 e. The fourth-order valence-electron chi connectivity index (χ4n) is 3.12. The van der Waals surface area contributed by atoms with Crippen LogP contribution in [0.15, 0.2) is 30.3 Å². The van der Waals surface area contributed by atoms with Crippen LogP contribution < -0.4 is 15.5 Å². The zero-order valence-electron chi connectivity index (χ0n) is 11.5. The molecule has 106 valence electrons. The van der Waals surface area contributed by atoms with E-state index in [0.29, 0.717) is 11.1 Å². The molecule has 0 bridgehead atoms. The van der Waals surface area contributed by atoms with Gasteiger partial charge in [0.05, 0.1) is 5.56 Å². The fourth-order valence-corrected chi connectivity index (χ4v) is 3.12. The highest BCUT2D eigenvalue weighted by atomic mass is 16.2. The Morgan fingerprint density at radius 3 is 2.52 bits per heavy atom. The van der Waals surface area contributed by atoms with E-state index < -0.39 is 0 Å². The summed E-state index contributed by atoms with van der Waals surface area (Å²) in [5.41, 5.74) is 2.21. The lowest BCUT2D eigenvalue weighted by atomic mass is 9.94. The van der Waals surface area contributed by atoms with Crippen molar-refractivity contribution in [3.05, 3.63) is 41.5 Å². The molecule has 2 heterocycles. The molecule has 0 radical (unpaired) electrons. The van der Waals surface area contributed by atoms with E-state index in [-0.39, 0.29) is 11.8 Å². The van der Waals surface area contributed by atoms with Crippen LogP contribution in [0.1, 0.15) is 20.7 Å². The van der Waals surface area contributed by atoms with E-state index in [4.69, 9.17) is 0 Å². The molecule has 0 atom stereocenters. The first kappa shape index (κ1) is 12.3. The van der Waals surface area contributed by atoms with Gasteiger partial charge in [-0.3, -0.25) is 14.9 Å². The van der Waals surface area contributed by atoms with Crippen LogP contribution >= 0.6 is 0 Å². The standard InChI is InChI=1S/C16H15N3O2/c20-15-12-3-1-2-10-8-11(19-6-4-17-5-7-19)9-13(14(10)12)16(21)18-15/h1-3,8-9,17H,4-7H2,(H,18,20,21). The largest absolute Gasteiger partial charge is 0.369 e. The van der Waals surface area contributed by atoms with Crippen LogP contribution in [0.5, 0.6) is 0 Å². The Labute approximate surface area is 121 Å². The van der Waals surface area contributed by atoms with Crippen LogP contribution in [0.25, 0.3) is 10.8 Å². The van der Waals surface area contributed by atoms with Gasteiger partial charge in [-0.1, -0.05) is 12.1 Å². The first-order valence-corrected chi connectivity index (χ1v) is 7.12. The van der Waals surface area contributed by atoms with Gasteiger partial charge in [0.15, 0.2) is 0 Å². The Hall–Kier alpha value is -2.40. The van der Waals surface area contributed by atoms with E-state index in [9.17, 15) is 9.59 Å². The predicted octanol–water partition coefficient (Wildman–Crippen LogP) is 1.13. The normalized spacial score (nSPS) is 18.0. The summed E-state index contributed by atoms with van der Waals surface area (Å²) >= 11 is 0. The van der Waals surface area contributed by atoms with E-state index in [2.05, 4.69) is 21.6 Å². The summed E-state index contributed by atoms with van der Waals surface area (Å²) in [4.78, 5) is 26.3. The molecule has 2 aliphatic heterocycles. The highest BCUT2D eigenvalue weighted by Gasteiger charge is 2.26. The second kappa shape index (κ2) is 4.56. The van der Waals surface area contributed by atoms with Crippen LogP contribution in [-0.4, -0.2) is 38.0 Å². The van der Waals surface area contributed by atoms with Crippen LogP contribution in [0.4, 0.5) is 5.69 Å². The summed E-state index contributed by atoms with van der Waals surface area (Å²) in [6.45, 7) is 3.73. The molecule has 2 amide bonds. The third kappa shape index (κ3) is 1.89. The quantitative estimate of drug-likeness (QED) is 0.769. The highest BCUT2D eigenvalue weighted by molar-refractivity contribution is 6.26. The van der Waals surface area contributed by atoms with Crippen molar-refractivity contribution in [1.82, 2.24) is 10.6 Å². The van der Waals surface area contributed by atoms with Crippen LogP contribution in [0, 0.1) is 0 Å². The Morgan fingerprint density at radius 1 is 0.952 bits per heavy atom. The number of carbonyl (C=O) groups excluding carboxylic acids is 2. The van der Waals surface area contributed by atoms with Gasteiger partial charge in [-0.25, -0.2) is 0 Å². The number of hydrogen-bond donors (Lipinski definition) is 2. The molecule has 0 saturated carbocycles. The Bertz CT molecular complexity index is 763. The van der Waals surface area contributed by atoms with E-state index in [1.807, 2.05) is 18.2 Å². The Balaban J connectivity index is 1.94. The molecule has 21 heavy (non-hydrogen) atoms. The average Bonchev–Trinajstić information content (AvgIpc) is 2.53.